The molecule has 0 atom stereocenters. The zero-order valence-corrected chi connectivity index (χ0v) is 15.7. The summed E-state index contributed by atoms with van der Waals surface area (Å²) < 4.78 is 39.6. The minimum atomic E-state index is -4.66. The molecule has 3 rings (SSSR count). The lowest BCUT2D eigenvalue weighted by atomic mass is 10.1. The van der Waals surface area contributed by atoms with Gasteiger partial charge < -0.3 is 10.6 Å². The molecule has 0 aliphatic carbocycles. The number of rotatable bonds is 5. The molecule has 0 aliphatic rings. The van der Waals surface area contributed by atoms with E-state index in [1.807, 2.05) is 0 Å². The molecule has 12 heteroatoms. The van der Waals surface area contributed by atoms with Gasteiger partial charge in [-0.3, -0.25) is 10.1 Å². The zero-order valence-electron chi connectivity index (χ0n) is 14.2. The van der Waals surface area contributed by atoms with Gasteiger partial charge in [0.1, 0.15) is 6.33 Å². The Morgan fingerprint density at radius 3 is 2.17 bits per heavy atom. The van der Waals surface area contributed by atoms with Crippen LogP contribution < -0.4 is 10.6 Å². The van der Waals surface area contributed by atoms with Gasteiger partial charge in [0.25, 0.3) is 0 Å². The highest BCUT2D eigenvalue weighted by Crippen LogP contribution is 2.39. The number of nitro groups is 1. The third-order valence-corrected chi connectivity index (χ3v) is 4.22. The highest BCUT2D eigenvalue weighted by atomic mass is 35.5. The standard InChI is InChI=1S/C17H10Cl2F3N5O2/c18-9-5-6-13(11(19)7-9)26-16-14(27(28)29)15(23-8-24-16)25-12-4-2-1-3-10(12)17(20,21)22/h1-8H,(H2,23,24,25,26). The van der Waals surface area contributed by atoms with Gasteiger partial charge in [-0.15, -0.1) is 0 Å². The molecule has 29 heavy (non-hydrogen) atoms. The fraction of sp³-hybridized carbons (Fsp3) is 0.0588. The molecule has 1 aromatic heterocycles. The van der Waals surface area contributed by atoms with Crippen LogP contribution in [0.2, 0.25) is 10.0 Å². The van der Waals surface area contributed by atoms with Gasteiger partial charge in [0, 0.05) is 5.02 Å². The van der Waals surface area contributed by atoms with Crippen LogP contribution in [0.3, 0.4) is 0 Å². The van der Waals surface area contributed by atoms with Crippen LogP contribution in [0, 0.1) is 10.1 Å². The van der Waals surface area contributed by atoms with Crippen molar-refractivity contribution in [3.63, 3.8) is 0 Å². The minimum Gasteiger partial charge on any atom is -0.334 e. The predicted molar refractivity (Wildman–Crippen MR) is 103 cm³/mol. The van der Waals surface area contributed by atoms with Gasteiger partial charge in [0.15, 0.2) is 0 Å². The molecule has 0 fully saturated rings. The number of halogens is 5. The molecule has 150 valence electrons. The van der Waals surface area contributed by atoms with Gasteiger partial charge >= 0.3 is 11.9 Å². The highest BCUT2D eigenvalue weighted by Gasteiger charge is 2.34. The van der Waals surface area contributed by atoms with Crippen molar-refractivity contribution in [2.24, 2.45) is 0 Å². The topological polar surface area (TPSA) is 93.0 Å². The largest absolute Gasteiger partial charge is 0.418 e. The maximum Gasteiger partial charge on any atom is 0.418 e. The molecule has 0 unspecified atom stereocenters. The molecule has 0 saturated carbocycles. The Bertz CT molecular complexity index is 1080. The van der Waals surface area contributed by atoms with E-state index in [0.29, 0.717) is 5.02 Å². The summed E-state index contributed by atoms with van der Waals surface area (Å²) in [6, 6.07) is 8.94. The van der Waals surface area contributed by atoms with E-state index in [2.05, 4.69) is 20.6 Å². The SMILES string of the molecule is O=[N+]([O-])c1c(Nc2ccc(Cl)cc2Cl)ncnc1Nc1ccccc1C(F)(F)F. The molecule has 0 bridgehead atoms. The van der Waals surface area contributed by atoms with Crippen LogP contribution in [-0.2, 0) is 6.18 Å². The number of aromatic nitrogens is 2. The molecule has 0 amide bonds. The minimum absolute atomic E-state index is 0.169. The number of nitrogens with one attached hydrogen (secondary N) is 2. The smallest absolute Gasteiger partial charge is 0.334 e. The van der Waals surface area contributed by atoms with Crippen LogP contribution in [0.4, 0.5) is 41.9 Å². The number of benzene rings is 2. The highest BCUT2D eigenvalue weighted by molar-refractivity contribution is 6.36. The fourth-order valence-corrected chi connectivity index (χ4v) is 2.88. The summed E-state index contributed by atoms with van der Waals surface area (Å²) in [5, 5.41) is 17.2. The molecule has 7 nitrogen and oxygen atoms in total. The molecule has 0 radical (unpaired) electrons. The summed E-state index contributed by atoms with van der Waals surface area (Å²) >= 11 is 11.9. The van der Waals surface area contributed by atoms with Gasteiger partial charge in [-0.2, -0.15) is 13.2 Å². The normalized spacial score (nSPS) is 11.2. The number of hydrogen-bond donors (Lipinski definition) is 2. The van der Waals surface area contributed by atoms with E-state index in [1.165, 1.54) is 30.3 Å². The fourth-order valence-electron chi connectivity index (χ4n) is 2.42. The lowest BCUT2D eigenvalue weighted by Gasteiger charge is -2.15. The van der Waals surface area contributed by atoms with Crippen molar-refractivity contribution in [3.8, 4) is 0 Å². The second-order valence-corrected chi connectivity index (χ2v) is 6.44. The van der Waals surface area contributed by atoms with Crippen molar-refractivity contribution >= 4 is 51.9 Å². The Morgan fingerprint density at radius 2 is 1.59 bits per heavy atom. The molecule has 1 heterocycles. The summed E-state index contributed by atoms with van der Waals surface area (Å²) in [6.45, 7) is 0. The molecular formula is C17H10Cl2F3N5O2. The molecule has 0 aliphatic heterocycles. The van der Waals surface area contributed by atoms with Crippen LogP contribution in [0.5, 0.6) is 0 Å². The monoisotopic (exact) mass is 443 g/mol. The summed E-state index contributed by atoms with van der Waals surface area (Å²) in [7, 11) is 0. The van der Waals surface area contributed by atoms with Gasteiger partial charge in [-0.25, -0.2) is 9.97 Å². The third-order valence-electron chi connectivity index (χ3n) is 3.67. The van der Waals surface area contributed by atoms with E-state index < -0.39 is 33.9 Å². The van der Waals surface area contributed by atoms with E-state index in [4.69, 9.17) is 23.2 Å². The lowest BCUT2D eigenvalue weighted by Crippen LogP contribution is -2.10. The Kier molecular flexibility index (Phi) is 5.76. The first-order chi connectivity index (χ1) is 13.7. The maximum absolute atomic E-state index is 13.2. The second kappa shape index (κ2) is 8.10. The third kappa shape index (κ3) is 4.66. The Morgan fingerprint density at radius 1 is 0.966 bits per heavy atom. The van der Waals surface area contributed by atoms with Crippen molar-refractivity contribution in [2.45, 2.75) is 6.18 Å². The first-order valence-electron chi connectivity index (χ1n) is 7.81. The van der Waals surface area contributed by atoms with Gasteiger partial charge in [-0.05, 0) is 30.3 Å². The Labute approximate surface area is 171 Å². The van der Waals surface area contributed by atoms with Crippen LogP contribution in [0.25, 0.3) is 0 Å². The first-order valence-corrected chi connectivity index (χ1v) is 8.57. The number of alkyl halides is 3. The first kappa shape index (κ1) is 20.6. The summed E-state index contributed by atoms with van der Waals surface area (Å²) in [6.07, 6.45) is -3.69. The van der Waals surface area contributed by atoms with E-state index in [0.717, 1.165) is 18.5 Å². The molecule has 0 spiro atoms. The van der Waals surface area contributed by atoms with E-state index in [1.54, 1.807) is 0 Å². The van der Waals surface area contributed by atoms with E-state index >= 15 is 0 Å². The van der Waals surface area contributed by atoms with Crippen LogP contribution in [0.15, 0.2) is 48.8 Å². The van der Waals surface area contributed by atoms with E-state index in [9.17, 15) is 23.3 Å². The summed E-state index contributed by atoms with van der Waals surface area (Å²) in [4.78, 5) is 18.3. The molecule has 2 N–H and O–H groups in total. The predicted octanol–water partition coefficient (Wildman–Crippen LogP) is 6.20. The van der Waals surface area contributed by atoms with Gasteiger partial charge in [0.2, 0.25) is 11.6 Å². The summed E-state index contributed by atoms with van der Waals surface area (Å²) in [5.74, 6) is -0.685. The molecule has 0 saturated heterocycles. The van der Waals surface area contributed by atoms with Gasteiger partial charge in [0.05, 0.1) is 26.9 Å². The van der Waals surface area contributed by atoms with Crippen molar-refractivity contribution in [2.75, 3.05) is 10.6 Å². The number of nitrogens with zero attached hydrogens (tertiary/aromatic N) is 3. The number of anilines is 4. The van der Waals surface area contributed by atoms with Crippen LogP contribution in [0.1, 0.15) is 5.56 Å². The van der Waals surface area contributed by atoms with E-state index in [-0.39, 0.29) is 16.5 Å². The van der Waals surface area contributed by atoms with Gasteiger partial charge in [-0.1, -0.05) is 35.3 Å². The number of para-hydroxylation sites is 1. The van der Waals surface area contributed by atoms with Crippen LogP contribution >= 0.6 is 23.2 Å². The second-order valence-electron chi connectivity index (χ2n) is 5.59. The van der Waals surface area contributed by atoms with Crippen molar-refractivity contribution in [1.29, 1.82) is 0 Å². The quantitative estimate of drug-likeness (QED) is 0.360. The van der Waals surface area contributed by atoms with Crippen LogP contribution in [-0.4, -0.2) is 14.9 Å². The average molecular weight is 444 g/mol. The average Bonchev–Trinajstić information content (AvgIpc) is 2.63. The molecule has 3 aromatic rings. The van der Waals surface area contributed by atoms with Crippen molar-refractivity contribution in [1.82, 2.24) is 9.97 Å². The molecule has 2 aromatic carbocycles. The molecular weight excluding hydrogens is 434 g/mol. The number of hydrogen-bond acceptors (Lipinski definition) is 6. The zero-order chi connectivity index (χ0) is 21.2. The Balaban J connectivity index is 2.04. The van der Waals surface area contributed by atoms with Crippen molar-refractivity contribution in [3.05, 3.63) is 74.5 Å². The maximum atomic E-state index is 13.2. The van der Waals surface area contributed by atoms with Crippen molar-refractivity contribution < 1.29 is 18.1 Å². The Hall–Kier alpha value is -3.11. The summed E-state index contributed by atoms with van der Waals surface area (Å²) in [5.41, 5.74) is -1.78. The lowest BCUT2D eigenvalue weighted by molar-refractivity contribution is -0.383.